The van der Waals surface area contributed by atoms with E-state index in [-0.39, 0.29) is 17.7 Å². The van der Waals surface area contributed by atoms with E-state index in [1.807, 2.05) is 19.1 Å². The van der Waals surface area contributed by atoms with Crippen LogP contribution < -0.4 is 19.9 Å². The molecule has 0 saturated carbocycles. The average molecular weight is 599 g/mol. The van der Waals surface area contributed by atoms with Crippen LogP contribution in [0.15, 0.2) is 53.8 Å². The monoisotopic (exact) mass is 598 g/mol. The van der Waals surface area contributed by atoms with Crippen molar-refractivity contribution < 1.29 is 26.7 Å². The molecule has 0 atom stereocenters. The molecule has 1 saturated heterocycles. The first-order valence-electron chi connectivity index (χ1n) is 13.5. The van der Waals surface area contributed by atoms with E-state index >= 15 is 0 Å². The lowest BCUT2D eigenvalue weighted by atomic mass is 10.0. The Labute approximate surface area is 242 Å². The van der Waals surface area contributed by atoms with Crippen LogP contribution in [0.4, 0.5) is 14.5 Å². The van der Waals surface area contributed by atoms with E-state index in [0.717, 1.165) is 62.1 Å². The number of hydrogen-bond acceptors (Lipinski definition) is 9. The highest BCUT2D eigenvalue weighted by atomic mass is 32.2. The maximum atomic E-state index is 14.3. The lowest BCUT2D eigenvalue weighted by molar-refractivity contribution is 0.101. The molecule has 222 valence electrons. The number of ether oxygens (including phenoxy) is 2. The van der Waals surface area contributed by atoms with Crippen molar-refractivity contribution in [3.05, 3.63) is 66.3 Å². The van der Waals surface area contributed by atoms with Crippen LogP contribution in [-0.4, -0.2) is 67.7 Å². The normalized spacial score (nSPS) is 14.7. The Bertz CT molecular complexity index is 1700. The maximum Gasteiger partial charge on any atom is 0.264 e. The summed E-state index contributed by atoms with van der Waals surface area (Å²) in [6.45, 7) is 5.34. The van der Waals surface area contributed by atoms with Crippen LogP contribution in [0.2, 0.25) is 0 Å². The molecule has 1 aliphatic heterocycles. The second-order valence-electron chi connectivity index (χ2n) is 10.1. The zero-order valence-corrected chi connectivity index (χ0v) is 24.1. The minimum absolute atomic E-state index is 0.00480. The van der Waals surface area contributed by atoms with Crippen LogP contribution in [0.25, 0.3) is 22.0 Å². The lowest BCUT2D eigenvalue weighted by Gasteiger charge is -2.32. The van der Waals surface area contributed by atoms with Crippen LogP contribution in [0.1, 0.15) is 25.0 Å². The molecular weight excluding hydrogens is 566 g/mol. The Balaban J connectivity index is 1.49. The summed E-state index contributed by atoms with van der Waals surface area (Å²) >= 11 is 0. The van der Waals surface area contributed by atoms with Gasteiger partial charge in [0.15, 0.2) is 0 Å². The molecule has 2 aromatic carbocycles. The second kappa shape index (κ2) is 12.5. The van der Waals surface area contributed by atoms with Crippen molar-refractivity contribution in [3.63, 3.8) is 0 Å². The summed E-state index contributed by atoms with van der Waals surface area (Å²) in [6, 6.07) is 7.49. The number of anilines is 1. The Morgan fingerprint density at radius 3 is 2.57 bits per heavy atom. The molecule has 13 heteroatoms. The van der Waals surface area contributed by atoms with Gasteiger partial charge in [0.2, 0.25) is 5.88 Å². The minimum atomic E-state index is -4.44. The molecule has 2 aromatic heterocycles. The first-order valence-corrected chi connectivity index (χ1v) is 15.0. The van der Waals surface area contributed by atoms with Crippen molar-refractivity contribution in [2.24, 2.45) is 5.73 Å². The van der Waals surface area contributed by atoms with Gasteiger partial charge in [-0.2, -0.15) is 0 Å². The lowest BCUT2D eigenvalue weighted by Crippen LogP contribution is -2.39. The van der Waals surface area contributed by atoms with E-state index < -0.39 is 26.6 Å². The van der Waals surface area contributed by atoms with Gasteiger partial charge in [0.1, 0.15) is 45.9 Å². The van der Waals surface area contributed by atoms with Gasteiger partial charge in [-0.25, -0.2) is 32.2 Å². The number of nitrogens with two attached hydrogens (primary N) is 1. The Kier molecular flexibility index (Phi) is 8.80. The highest BCUT2D eigenvalue weighted by molar-refractivity contribution is 7.92. The average Bonchev–Trinajstić information content (AvgIpc) is 2.96. The standard InChI is InChI=1S/C29H32F2N6O4S/c1-18-23-12-19(14-26(28(23)35-17-34-18)41-22-6-10-37(11-7-22)9-3-8-32)20-13-25(29(40-2)33-16-20)36-42(38,39)27-5-4-21(30)15-24(27)31/h4-5,12-17,22,36H,3,6-11,32H2,1-2H3. The zero-order valence-electron chi connectivity index (χ0n) is 23.3. The van der Waals surface area contributed by atoms with Crippen molar-refractivity contribution in [1.82, 2.24) is 19.9 Å². The zero-order chi connectivity index (χ0) is 29.9. The molecule has 10 nitrogen and oxygen atoms in total. The fourth-order valence-electron chi connectivity index (χ4n) is 5.00. The molecule has 3 heterocycles. The fourth-order valence-corrected chi connectivity index (χ4v) is 6.11. The second-order valence-corrected chi connectivity index (χ2v) is 11.7. The van der Waals surface area contributed by atoms with Crippen LogP contribution in [0, 0.1) is 18.6 Å². The molecule has 1 aliphatic rings. The topological polar surface area (TPSA) is 133 Å². The predicted octanol–water partition coefficient (Wildman–Crippen LogP) is 4.28. The van der Waals surface area contributed by atoms with E-state index in [4.69, 9.17) is 15.2 Å². The van der Waals surface area contributed by atoms with Crippen molar-refractivity contribution in [1.29, 1.82) is 0 Å². The van der Waals surface area contributed by atoms with Gasteiger partial charge in [-0.1, -0.05) is 0 Å². The van der Waals surface area contributed by atoms with Crippen molar-refractivity contribution >= 4 is 26.6 Å². The van der Waals surface area contributed by atoms with E-state index in [9.17, 15) is 17.2 Å². The molecule has 0 unspecified atom stereocenters. The number of halogens is 2. The maximum absolute atomic E-state index is 14.3. The van der Waals surface area contributed by atoms with Crippen LogP contribution in [-0.2, 0) is 10.0 Å². The Morgan fingerprint density at radius 2 is 1.86 bits per heavy atom. The smallest absolute Gasteiger partial charge is 0.264 e. The van der Waals surface area contributed by atoms with Gasteiger partial charge in [-0.05, 0) is 75.2 Å². The quantitative estimate of drug-likeness (QED) is 0.274. The third-order valence-corrected chi connectivity index (χ3v) is 8.61. The summed E-state index contributed by atoms with van der Waals surface area (Å²) in [5, 5.41) is 0.775. The molecule has 0 bridgehead atoms. The van der Waals surface area contributed by atoms with Gasteiger partial charge in [-0.15, -0.1) is 0 Å². The largest absolute Gasteiger partial charge is 0.488 e. The highest BCUT2D eigenvalue weighted by Gasteiger charge is 2.24. The summed E-state index contributed by atoms with van der Waals surface area (Å²) in [6.07, 6.45) is 5.70. The first kappa shape index (κ1) is 29.5. The van der Waals surface area contributed by atoms with Crippen LogP contribution >= 0.6 is 0 Å². The molecular formula is C29H32F2N6O4S. The van der Waals surface area contributed by atoms with E-state index in [0.29, 0.717) is 35.0 Å². The van der Waals surface area contributed by atoms with Gasteiger partial charge in [0, 0.05) is 42.0 Å². The molecule has 0 amide bonds. The number of aromatic nitrogens is 3. The van der Waals surface area contributed by atoms with E-state index in [1.54, 1.807) is 0 Å². The van der Waals surface area contributed by atoms with Gasteiger partial charge in [0.25, 0.3) is 10.0 Å². The molecule has 5 rings (SSSR count). The van der Waals surface area contributed by atoms with Gasteiger partial charge >= 0.3 is 0 Å². The number of benzene rings is 2. The number of pyridine rings is 1. The van der Waals surface area contributed by atoms with Crippen molar-refractivity contribution in [2.75, 3.05) is 38.0 Å². The molecule has 1 fully saturated rings. The first-order chi connectivity index (χ1) is 20.2. The fraction of sp³-hybridized carbons (Fsp3) is 0.345. The SMILES string of the molecule is COc1ncc(-c2cc(OC3CCN(CCCN)CC3)c3ncnc(C)c3c2)cc1NS(=O)(=O)c1ccc(F)cc1F. The molecule has 0 radical (unpaired) electrons. The number of fused-ring (bicyclic) bond motifs is 1. The summed E-state index contributed by atoms with van der Waals surface area (Å²) in [5.41, 5.74) is 8.28. The van der Waals surface area contributed by atoms with Gasteiger partial charge in [-0.3, -0.25) is 4.72 Å². The van der Waals surface area contributed by atoms with E-state index in [1.165, 1.54) is 25.7 Å². The molecule has 42 heavy (non-hydrogen) atoms. The highest BCUT2D eigenvalue weighted by Crippen LogP contribution is 2.36. The summed E-state index contributed by atoms with van der Waals surface area (Å²) in [7, 11) is -3.10. The minimum Gasteiger partial charge on any atom is -0.488 e. The number of rotatable bonds is 10. The van der Waals surface area contributed by atoms with Gasteiger partial charge < -0.3 is 20.1 Å². The predicted molar refractivity (Wildman–Crippen MR) is 155 cm³/mol. The number of nitrogens with one attached hydrogen (secondary N) is 1. The summed E-state index contributed by atoms with van der Waals surface area (Å²) in [4.78, 5) is 14.8. The molecule has 4 aromatic rings. The third kappa shape index (κ3) is 6.42. The molecule has 0 aliphatic carbocycles. The number of hydrogen-bond donors (Lipinski definition) is 2. The molecule has 0 spiro atoms. The van der Waals surface area contributed by atoms with Gasteiger partial charge in [0.05, 0.1) is 7.11 Å². The third-order valence-electron chi connectivity index (χ3n) is 7.22. The van der Waals surface area contributed by atoms with Crippen molar-refractivity contribution in [2.45, 2.75) is 37.2 Å². The summed E-state index contributed by atoms with van der Waals surface area (Å²) in [5.74, 6) is -1.55. The number of piperidine rings is 1. The molecule has 3 N–H and O–H groups in total. The van der Waals surface area contributed by atoms with Crippen molar-refractivity contribution in [3.8, 4) is 22.8 Å². The number of nitrogens with zero attached hydrogens (tertiary/aromatic N) is 4. The number of aryl methyl sites for hydroxylation is 1. The number of likely N-dealkylation sites (tertiary alicyclic amines) is 1. The Hall–Kier alpha value is -3.94. The van der Waals surface area contributed by atoms with E-state index in [2.05, 4.69) is 24.6 Å². The number of sulfonamides is 1. The number of methoxy groups -OCH3 is 1. The van der Waals surface area contributed by atoms with Crippen LogP contribution in [0.3, 0.4) is 0 Å². The van der Waals surface area contributed by atoms with Crippen LogP contribution in [0.5, 0.6) is 11.6 Å². The Morgan fingerprint density at radius 1 is 1.07 bits per heavy atom. The summed E-state index contributed by atoms with van der Waals surface area (Å²) < 4.78 is 67.9.